The van der Waals surface area contributed by atoms with Gasteiger partial charge in [-0.05, 0) is 66.5 Å². The maximum atomic E-state index is 13.7. The highest BCUT2D eigenvalue weighted by Crippen LogP contribution is 2.29. The van der Waals surface area contributed by atoms with Crippen LogP contribution in [0.2, 0.25) is 0 Å². The van der Waals surface area contributed by atoms with Gasteiger partial charge in [0, 0.05) is 11.0 Å². The van der Waals surface area contributed by atoms with Crippen molar-refractivity contribution in [1.29, 1.82) is 0 Å². The van der Waals surface area contributed by atoms with Crippen molar-refractivity contribution in [1.82, 2.24) is 10.2 Å². The molecule has 20 heavy (non-hydrogen) atoms. The van der Waals surface area contributed by atoms with Crippen molar-refractivity contribution in [2.75, 3.05) is 26.7 Å². The van der Waals surface area contributed by atoms with Crippen LogP contribution >= 0.6 is 15.9 Å². The van der Waals surface area contributed by atoms with Crippen LogP contribution in [0.5, 0.6) is 0 Å². The molecule has 1 heterocycles. The number of amides is 1. The number of nitrogens with one attached hydrogen (secondary N) is 1. The van der Waals surface area contributed by atoms with Crippen LogP contribution in [0, 0.1) is 11.2 Å². The molecule has 1 saturated heterocycles. The zero-order chi connectivity index (χ0) is 14.8. The molecule has 1 amide bonds. The van der Waals surface area contributed by atoms with Gasteiger partial charge in [0.2, 0.25) is 0 Å². The fraction of sp³-hybridized carbons (Fsp3) is 0.533. The Labute approximate surface area is 127 Å². The standard InChI is InChI=1S/C15H20BrFN2O/c1-15(6-8-19(2)9-7-15)10-18-14(20)13-11(16)4-3-5-12(13)17/h3-5H,6-10H2,1-2H3,(H,18,20). The minimum atomic E-state index is -0.495. The van der Waals surface area contributed by atoms with E-state index in [1.54, 1.807) is 12.1 Å². The molecule has 0 saturated carbocycles. The van der Waals surface area contributed by atoms with Crippen molar-refractivity contribution in [2.24, 2.45) is 5.41 Å². The lowest BCUT2D eigenvalue weighted by Gasteiger charge is -2.38. The minimum Gasteiger partial charge on any atom is -0.351 e. The minimum absolute atomic E-state index is 0.0871. The Balaban J connectivity index is 1.99. The molecule has 0 spiro atoms. The van der Waals surface area contributed by atoms with Gasteiger partial charge < -0.3 is 10.2 Å². The summed E-state index contributed by atoms with van der Waals surface area (Å²) in [6.07, 6.45) is 2.09. The monoisotopic (exact) mass is 342 g/mol. The molecule has 1 N–H and O–H groups in total. The number of nitrogens with zero attached hydrogens (tertiary/aromatic N) is 1. The van der Waals surface area contributed by atoms with Crippen LogP contribution in [-0.4, -0.2) is 37.5 Å². The topological polar surface area (TPSA) is 32.3 Å². The van der Waals surface area contributed by atoms with E-state index >= 15 is 0 Å². The van der Waals surface area contributed by atoms with Crippen LogP contribution in [0.3, 0.4) is 0 Å². The van der Waals surface area contributed by atoms with Crippen LogP contribution in [0.1, 0.15) is 30.1 Å². The van der Waals surface area contributed by atoms with Crippen molar-refractivity contribution in [3.05, 3.63) is 34.1 Å². The Kier molecular flexibility index (Phi) is 4.81. The van der Waals surface area contributed by atoms with Crippen LogP contribution in [0.15, 0.2) is 22.7 Å². The van der Waals surface area contributed by atoms with Gasteiger partial charge in [-0.15, -0.1) is 0 Å². The third-order valence-corrected chi connectivity index (χ3v) is 4.72. The molecule has 0 aromatic heterocycles. The van der Waals surface area contributed by atoms with Crippen LogP contribution in [-0.2, 0) is 0 Å². The number of carbonyl (C=O) groups excluding carboxylic acids is 1. The highest BCUT2D eigenvalue weighted by atomic mass is 79.9. The van der Waals surface area contributed by atoms with Crippen molar-refractivity contribution < 1.29 is 9.18 Å². The lowest BCUT2D eigenvalue weighted by molar-refractivity contribution is 0.0887. The maximum absolute atomic E-state index is 13.7. The van der Waals surface area contributed by atoms with Crippen molar-refractivity contribution in [2.45, 2.75) is 19.8 Å². The molecule has 0 bridgehead atoms. The molecular weight excluding hydrogens is 323 g/mol. The highest BCUT2D eigenvalue weighted by Gasteiger charge is 2.29. The Morgan fingerprint density at radius 1 is 1.45 bits per heavy atom. The smallest absolute Gasteiger partial charge is 0.255 e. The number of rotatable bonds is 3. The van der Waals surface area contributed by atoms with Crippen molar-refractivity contribution in [3.63, 3.8) is 0 Å². The van der Waals surface area contributed by atoms with Gasteiger partial charge in [-0.25, -0.2) is 4.39 Å². The van der Waals surface area contributed by atoms with E-state index in [-0.39, 0.29) is 16.9 Å². The molecule has 2 rings (SSSR count). The number of likely N-dealkylation sites (tertiary alicyclic amines) is 1. The highest BCUT2D eigenvalue weighted by molar-refractivity contribution is 9.10. The number of carbonyl (C=O) groups is 1. The summed E-state index contributed by atoms with van der Waals surface area (Å²) in [4.78, 5) is 14.4. The summed E-state index contributed by atoms with van der Waals surface area (Å²) < 4.78 is 14.2. The van der Waals surface area contributed by atoms with E-state index in [0.717, 1.165) is 25.9 Å². The zero-order valence-electron chi connectivity index (χ0n) is 11.9. The van der Waals surface area contributed by atoms with Crippen LogP contribution in [0.25, 0.3) is 0 Å². The molecule has 110 valence electrons. The Bertz CT molecular complexity index is 478. The second-order valence-corrected chi connectivity index (χ2v) is 6.75. The van der Waals surface area contributed by atoms with Gasteiger partial charge >= 0.3 is 0 Å². The molecule has 1 aliphatic rings. The molecule has 1 fully saturated rings. The predicted molar refractivity (Wildman–Crippen MR) is 81.3 cm³/mol. The fourth-order valence-electron chi connectivity index (χ4n) is 2.43. The molecule has 1 aromatic rings. The molecule has 1 aliphatic heterocycles. The summed E-state index contributed by atoms with van der Waals surface area (Å²) in [6, 6.07) is 4.56. The van der Waals surface area contributed by atoms with Gasteiger partial charge in [0.05, 0.1) is 5.56 Å². The molecule has 0 aliphatic carbocycles. The van der Waals surface area contributed by atoms with Crippen molar-refractivity contribution in [3.8, 4) is 0 Å². The van der Waals surface area contributed by atoms with Crippen molar-refractivity contribution >= 4 is 21.8 Å². The first-order valence-corrected chi connectivity index (χ1v) is 7.61. The number of hydrogen-bond acceptors (Lipinski definition) is 2. The van der Waals surface area contributed by atoms with Gasteiger partial charge in [0.15, 0.2) is 0 Å². The number of hydrogen-bond donors (Lipinski definition) is 1. The predicted octanol–water partition coefficient (Wildman–Crippen LogP) is 3.05. The molecule has 0 unspecified atom stereocenters. The number of halogens is 2. The van der Waals surface area contributed by atoms with E-state index in [4.69, 9.17) is 0 Å². The van der Waals surface area contributed by atoms with Gasteiger partial charge in [-0.3, -0.25) is 4.79 Å². The lowest BCUT2D eigenvalue weighted by Crippen LogP contribution is -2.43. The van der Waals surface area contributed by atoms with Gasteiger partial charge in [-0.1, -0.05) is 13.0 Å². The largest absolute Gasteiger partial charge is 0.351 e. The quantitative estimate of drug-likeness (QED) is 0.915. The Morgan fingerprint density at radius 2 is 2.10 bits per heavy atom. The average molecular weight is 343 g/mol. The molecule has 0 atom stereocenters. The first-order chi connectivity index (χ1) is 9.41. The average Bonchev–Trinajstić information content (AvgIpc) is 2.40. The summed E-state index contributed by atoms with van der Waals surface area (Å²) in [5.41, 5.74) is 0.184. The zero-order valence-corrected chi connectivity index (χ0v) is 13.5. The van der Waals surface area contributed by atoms with Gasteiger partial charge in [0.25, 0.3) is 5.91 Å². The Morgan fingerprint density at radius 3 is 2.70 bits per heavy atom. The molecule has 3 nitrogen and oxygen atoms in total. The van der Waals surface area contributed by atoms with E-state index in [0.29, 0.717) is 11.0 Å². The van der Waals surface area contributed by atoms with E-state index < -0.39 is 5.82 Å². The van der Waals surface area contributed by atoms with E-state index in [1.165, 1.54) is 6.07 Å². The van der Waals surface area contributed by atoms with E-state index in [1.807, 2.05) is 0 Å². The fourth-order valence-corrected chi connectivity index (χ4v) is 2.95. The number of piperidine rings is 1. The molecule has 5 heteroatoms. The summed E-state index contributed by atoms with van der Waals surface area (Å²) in [6.45, 7) is 4.84. The SMILES string of the molecule is CN1CCC(C)(CNC(=O)c2c(F)cccc2Br)CC1. The maximum Gasteiger partial charge on any atom is 0.255 e. The molecule has 0 radical (unpaired) electrons. The number of benzene rings is 1. The summed E-state index contributed by atoms with van der Waals surface area (Å²) in [5.74, 6) is -0.847. The lowest BCUT2D eigenvalue weighted by atomic mass is 9.80. The molecular formula is C15H20BrFN2O. The summed E-state index contributed by atoms with van der Waals surface area (Å²) >= 11 is 3.23. The van der Waals surface area contributed by atoms with Gasteiger partial charge in [-0.2, -0.15) is 0 Å². The molecule has 1 aromatic carbocycles. The second kappa shape index (κ2) is 6.22. The van der Waals surface area contributed by atoms with Gasteiger partial charge in [0.1, 0.15) is 5.82 Å². The Hall–Kier alpha value is -0.940. The van der Waals surface area contributed by atoms with E-state index in [2.05, 4.69) is 40.1 Å². The normalized spacial score (nSPS) is 18.8. The summed E-state index contributed by atoms with van der Waals surface area (Å²) in [7, 11) is 2.11. The first kappa shape index (κ1) is 15.4. The van der Waals surface area contributed by atoms with Crippen LogP contribution in [0.4, 0.5) is 4.39 Å². The first-order valence-electron chi connectivity index (χ1n) is 6.82. The third-order valence-electron chi connectivity index (χ3n) is 4.06. The second-order valence-electron chi connectivity index (χ2n) is 5.89. The van der Waals surface area contributed by atoms with Crippen LogP contribution < -0.4 is 5.32 Å². The third kappa shape index (κ3) is 3.58. The summed E-state index contributed by atoms with van der Waals surface area (Å²) in [5, 5.41) is 2.88. The van der Waals surface area contributed by atoms with E-state index in [9.17, 15) is 9.18 Å².